The number of nitrogens with one attached hydrogen (secondary N) is 1. The Hall–Kier alpha value is -3.47. The number of para-hydroxylation sites is 2. The predicted molar refractivity (Wildman–Crippen MR) is 114 cm³/mol. The van der Waals surface area contributed by atoms with Crippen LogP contribution in [0.5, 0.6) is 17.2 Å². The van der Waals surface area contributed by atoms with E-state index in [2.05, 4.69) is 5.32 Å². The van der Waals surface area contributed by atoms with Gasteiger partial charge in [-0.25, -0.2) is 0 Å². The Morgan fingerprint density at radius 3 is 1.93 bits per heavy atom. The lowest BCUT2D eigenvalue weighted by Gasteiger charge is -2.12. The van der Waals surface area contributed by atoms with E-state index < -0.39 is 0 Å². The number of hydrogen-bond donors (Lipinski definition) is 1. The first-order valence-corrected chi connectivity index (χ1v) is 9.51. The zero-order valence-electron chi connectivity index (χ0n) is 16.7. The molecule has 3 aromatic carbocycles. The highest BCUT2D eigenvalue weighted by Gasteiger charge is 2.08. The Kier molecular flexibility index (Phi) is 7.11. The van der Waals surface area contributed by atoms with Crippen LogP contribution < -0.4 is 19.5 Å². The molecule has 29 heavy (non-hydrogen) atoms. The summed E-state index contributed by atoms with van der Waals surface area (Å²) in [7, 11) is 0. The maximum atomic E-state index is 12.2. The SMILES string of the molecule is Cc1cccc(C)c1OCC(=O)Nc1ccc(OCCOc2ccccc2)cc1. The molecule has 5 nitrogen and oxygen atoms in total. The number of carbonyl (C=O) groups is 1. The van der Waals surface area contributed by atoms with Crippen LogP contribution in [0.4, 0.5) is 5.69 Å². The molecule has 0 aromatic heterocycles. The van der Waals surface area contributed by atoms with Gasteiger partial charge in [-0.2, -0.15) is 0 Å². The fourth-order valence-electron chi connectivity index (χ4n) is 2.83. The Morgan fingerprint density at radius 2 is 1.31 bits per heavy atom. The summed E-state index contributed by atoms with van der Waals surface area (Å²) in [6.07, 6.45) is 0. The van der Waals surface area contributed by atoms with Crippen molar-refractivity contribution in [3.8, 4) is 17.2 Å². The summed E-state index contributed by atoms with van der Waals surface area (Å²) in [4.78, 5) is 12.2. The lowest BCUT2D eigenvalue weighted by molar-refractivity contribution is -0.118. The highest BCUT2D eigenvalue weighted by molar-refractivity contribution is 5.91. The first-order chi connectivity index (χ1) is 14.1. The minimum atomic E-state index is -0.211. The van der Waals surface area contributed by atoms with E-state index in [4.69, 9.17) is 14.2 Å². The highest BCUT2D eigenvalue weighted by Crippen LogP contribution is 2.22. The van der Waals surface area contributed by atoms with Gasteiger partial charge in [-0.15, -0.1) is 0 Å². The van der Waals surface area contributed by atoms with Crippen LogP contribution in [0.2, 0.25) is 0 Å². The molecule has 0 bridgehead atoms. The maximum absolute atomic E-state index is 12.2. The first kappa shape index (κ1) is 20.3. The predicted octanol–water partition coefficient (Wildman–Crippen LogP) is 4.78. The topological polar surface area (TPSA) is 56.8 Å². The number of hydrogen-bond acceptors (Lipinski definition) is 4. The summed E-state index contributed by atoms with van der Waals surface area (Å²) in [5.74, 6) is 2.07. The molecule has 0 spiro atoms. The molecule has 5 heteroatoms. The van der Waals surface area contributed by atoms with Gasteiger partial charge in [0.2, 0.25) is 0 Å². The standard InChI is InChI=1S/C24H25NO4/c1-18-7-6-8-19(2)24(18)29-17-23(26)25-20-11-13-22(14-12-20)28-16-15-27-21-9-4-3-5-10-21/h3-14H,15-17H2,1-2H3,(H,25,26). The molecule has 0 unspecified atom stereocenters. The third kappa shape index (κ3) is 6.28. The molecule has 0 saturated carbocycles. The second kappa shape index (κ2) is 10.2. The maximum Gasteiger partial charge on any atom is 0.262 e. The quantitative estimate of drug-likeness (QED) is 0.534. The average Bonchev–Trinajstić information content (AvgIpc) is 2.73. The molecule has 1 N–H and O–H groups in total. The van der Waals surface area contributed by atoms with Crippen molar-refractivity contribution in [1.29, 1.82) is 0 Å². The molecule has 0 heterocycles. The normalized spacial score (nSPS) is 10.3. The fourth-order valence-corrected chi connectivity index (χ4v) is 2.83. The number of rotatable bonds is 9. The number of amides is 1. The summed E-state index contributed by atoms with van der Waals surface area (Å²) in [5.41, 5.74) is 2.71. The van der Waals surface area contributed by atoms with Crippen LogP contribution in [0.3, 0.4) is 0 Å². The fraction of sp³-hybridized carbons (Fsp3) is 0.208. The molecule has 0 aliphatic carbocycles. The van der Waals surface area contributed by atoms with Crippen LogP contribution in [0.25, 0.3) is 0 Å². The highest BCUT2D eigenvalue weighted by atomic mass is 16.5. The van der Waals surface area contributed by atoms with E-state index in [1.165, 1.54) is 0 Å². The van der Waals surface area contributed by atoms with Gasteiger partial charge in [-0.05, 0) is 61.4 Å². The summed E-state index contributed by atoms with van der Waals surface area (Å²) >= 11 is 0. The Bertz CT molecular complexity index is 903. The second-order valence-corrected chi connectivity index (χ2v) is 6.59. The van der Waals surface area contributed by atoms with E-state index >= 15 is 0 Å². The molecule has 3 rings (SSSR count). The molecule has 0 aliphatic heterocycles. The largest absolute Gasteiger partial charge is 0.490 e. The lowest BCUT2D eigenvalue weighted by Crippen LogP contribution is -2.20. The molecule has 0 aliphatic rings. The van der Waals surface area contributed by atoms with Crippen molar-refractivity contribution in [2.45, 2.75) is 13.8 Å². The van der Waals surface area contributed by atoms with E-state index in [0.717, 1.165) is 22.6 Å². The van der Waals surface area contributed by atoms with Crippen molar-refractivity contribution >= 4 is 11.6 Å². The third-order valence-corrected chi connectivity index (χ3v) is 4.26. The second-order valence-electron chi connectivity index (χ2n) is 6.59. The molecule has 0 saturated heterocycles. The summed E-state index contributed by atoms with van der Waals surface area (Å²) in [5, 5.41) is 2.82. The van der Waals surface area contributed by atoms with Crippen molar-refractivity contribution in [1.82, 2.24) is 0 Å². The summed E-state index contributed by atoms with van der Waals surface area (Å²) in [6.45, 7) is 4.77. The van der Waals surface area contributed by atoms with Gasteiger partial charge in [0.05, 0.1) is 0 Å². The van der Waals surface area contributed by atoms with E-state index in [1.54, 1.807) is 12.1 Å². The monoisotopic (exact) mass is 391 g/mol. The van der Waals surface area contributed by atoms with Gasteiger partial charge < -0.3 is 19.5 Å². The van der Waals surface area contributed by atoms with Crippen LogP contribution in [-0.2, 0) is 4.79 Å². The number of carbonyl (C=O) groups excluding carboxylic acids is 1. The number of aryl methyl sites for hydroxylation is 2. The van der Waals surface area contributed by atoms with Gasteiger partial charge in [0, 0.05) is 5.69 Å². The molecule has 0 radical (unpaired) electrons. The van der Waals surface area contributed by atoms with E-state index in [-0.39, 0.29) is 12.5 Å². The van der Waals surface area contributed by atoms with Gasteiger partial charge in [-0.1, -0.05) is 36.4 Å². The summed E-state index contributed by atoms with van der Waals surface area (Å²) in [6, 6.07) is 22.7. The molecule has 1 amide bonds. The van der Waals surface area contributed by atoms with Crippen molar-refractivity contribution in [3.63, 3.8) is 0 Å². The molecule has 3 aromatic rings. The first-order valence-electron chi connectivity index (χ1n) is 9.51. The molecule has 0 fully saturated rings. The number of benzene rings is 3. The summed E-state index contributed by atoms with van der Waals surface area (Å²) < 4.78 is 16.9. The van der Waals surface area contributed by atoms with Crippen LogP contribution >= 0.6 is 0 Å². The minimum Gasteiger partial charge on any atom is -0.490 e. The Labute approximate surface area is 171 Å². The van der Waals surface area contributed by atoms with Gasteiger partial charge in [0.1, 0.15) is 30.5 Å². The Balaban J connectivity index is 1.41. The minimum absolute atomic E-state index is 0.0409. The van der Waals surface area contributed by atoms with Crippen LogP contribution in [0.15, 0.2) is 72.8 Å². The van der Waals surface area contributed by atoms with Crippen molar-refractivity contribution in [2.24, 2.45) is 0 Å². The lowest BCUT2D eigenvalue weighted by atomic mass is 10.1. The van der Waals surface area contributed by atoms with E-state index in [1.807, 2.05) is 74.5 Å². The van der Waals surface area contributed by atoms with Gasteiger partial charge in [-0.3, -0.25) is 4.79 Å². The number of ether oxygens (including phenoxy) is 3. The van der Waals surface area contributed by atoms with Gasteiger partial charge in [0.15, 0.2) is 6.61 Å². The van der Waals surface area contributed by atoms with Crippen LogP contribution in [0.1, 0.15) is 11.1 Å². The van der Waals surface area contributed by atoms with Crippen LogP contribution in [-0.4, -0.2) is 25.7 Å². The molecule has 150 valence electrons. The smallest absolute Gasteiger partial charge is 0.262 e. The van der Waals surface area contributed by atoms with E-state index in [0.29, 0.717) is 24.7 Å². The van der Waals surface area contributed by atoms with Gasteiger partial charge >= 0.3 is 0 Å². The molecular formula is C24H25NO4. The van der Waals surface area contributed by atoms with Crippen LogP contribution in [0, 0.1) is 13.8 Å². The molecule has 0 atom stereocenters. The third-order valence-electron chi connectivity index (χ3n) is 4.26. The zero-order valence-corrected chi connectivity index (χ0v) is 16.7. The van der Waals surface area contributed by atoms with Crippen molar-refractivity contribution in [3.05, 3.63) is 83.9 Å². The number of anilines is 1. The van der Waals surface area contributed by atoms with Crippen molar-refractivity contribution < 1.29 is 19.0 Å². The Morgan fingerprint density at radius 1 is 0.724 bits per heavy atom. The zero-order chi connectivity index (χ0) is 20.5. The van der Waals surface area contributed by atoms with Crippen molar-refractivity contribution in [2.75, 3.05) is 25.1 Å². The average molecular weight is 391 g/mol. The van der Waals surface area contributed by atoms with E-state index in [9.17, 15) is 4.79 Å². The van der Waals surface area contributed by atoms with Gasteiger partial charge in [0.25, 0.3) is 5.91 Å². The molecular weight excluding hydrogens is 366 g/mol.